The van der Waals surface area contributed by atoms with Crippen LogP contribution in [-0.2, 0) is 17.1 Å². The lowest BCUT2D eigenvalue weighted by Gasteiger charge is -2.21. The van der Waals surface area contributed by atoms with E-state index in [9.17, 15) is 8.42 Å². The zero-order valence-electron chi connectivity index (χ0n) is 14.3. The fourth-order valence-corrected chi connectivity index (χ4v) is 4.59. The Morgan fingerprint density at radius 1 is 1.12 bits per heavy atom. The molecule has 0 unspecified atom stereocenters. The van der Waals surface area contributed by atoms with Gasteiger partial charge in [0.05, 0.1) is 11.8 Å². The van der Waals surface area contributed by atoms with Gasteiger partial charge in [-0.05, 0) is 25.1 Å². The first-order chi connectivity index (χ1) is 12.0. The fourth-order valence-electron chi connectivity index (χ4n) is 3.24. The van der Waals surface area contributed by atoms with E-state index in [1.165, 1.54) is 22.1 Å². The molecular weight excluding hydrogens is 336 g/mol. The Labute approximate surface area is 147 Å². The topological polar surface area (TPSA) is 60.1 Å². The van der Waals surface area contributed by atoms with E-state index < -0.39 is 10.0 Å². The number of hydrogen-bond acceptors (Lipinski definition) is 4. The molecule has 6 nitrogen and oxygen atoms in total. The quantitative estimate of drug-likeness (QED) is 0.723. The van der Waals surface area contributed by atoms with Gasteiger partial charge in [0.25, 0.3) is 10.0 Å². The number of fused-ring (bicyclic) bond motifs is 1. The standard InChI is InChI=1S/C18H20N4O2S/c1-20-9-7-14(8-10-20)16-11-22(17-6-4-3-5-15(16)17)25(23,24)18-12-21(2)13-19-18/h3-7,11-13H,8-10H2,1-2H3. The molecule has 1 aromatic carbocycles. The zero-order valence-corrected chi connectivity index (χ0v) is 15.1. The second-order valence-corrected chi connectivity index (χ2v) is 8.24. The molecule has 1 aliphatic rings. The van der Waals surface area contributed by atoms with Gasteiger partial charge in [0.15, 0.2) is 5.03 Å². The first-order valence-corrected chi connectivity index (χ1v) is 9.62. The minimum absolute atomic E-state index is 0.0552. The van der Waals surface area contributed by atoms with Crippen molar-refractivity contribution in [3.8, 4) is 0 Å². The van der Waals surface area contributed by atoms with E-state index in [-0.39, 0.29) is 5.03 Å². The zero-order chi connectivity index (χ0) is 17.6. The molecule has 0 saturated heterocycles. The first kappa shape index (κ1) is 16.1. The van der Waals surface area contributed by atoms with E-state index in [0.29, 0.717) is 5.52 Å². The van der Waals surface area contributed by atoms with Crippen molar-refractivity contribution in [1.29, 1.82) is 0 Å². The maximum atomic E-state index is 13.1. The molecule has 0 fully saturated rings. The molecule has 3 aromatic rings. The Hall–Kier alpha value is -2.38. The van der Waals surface area contributed by atoms with Crippen molar-refractivity contribution in [3.63, 3.8) is 0 Å². The molecule has 2 aromatic heterocycles. The summed E-state index contributed by atoms with van der Waals surface area (Å²) in [6.07, 6.45) is 7.86. The lowest BCUT2D eigenvalue weighted by atomic mass is 9.99. The number of benzene rings is 1. The van der Waals surface area contributed by atoms with E-state index in [4.69, 9.17) is 0 Å². The number of aromatic nitrogens is 3. The number of likely N-dealkylation sites (N-methyl/N-ethyl adjacent to an activating group) is 1. The van der Waals surface area contributed by atoms with E-state index in [0.717, 1.165) is 30.5 Å². The molecule has 0 spiro atoms. The van der Waals surface area contributed by atoms with E-state index in [2.05, 4.69) is 23.0 Å². The molecular formula is C18H20N4O2S. The Morgan fingerprint density at radius 3 is 2.60 bits per heavy atom. The maximum absolute atomic E-state index is 13.1. The Bertz CT molecular complexity index is 1080. The smallest absolute Gasteiger partial charge is 0.287 e. The molecule has 0 amide bonds. The van der Waals surface area contributed by atoms with Gasteiger partial charge < -0.3 is 9.47 Å². The van der Waals surface area contributed by atoms with Crippen LogP contribution in [-0.4, -0.2) is 47.0 Å². The highest BCUT2D eigenvalue weighted by Crippen LogP contribution is 2.32. The number of nitrogens with zero attached hydrogens (tertiary/aromatic N) is 4. The number of rotatable bonds is 3. The number of para-hydroxylation sites is 1. The molecule has 1 aliphatic heterocycles. The average molecular weight is 356 g/mol. The molecule has 0 aliphatic carbocycles. The van der Waals surface area contributed by atoms with Gasteiger partial charge in [-0.25, -0.2) is 8.96 Å². The molecule has 0 bridgehead atoms. The minimum Gasteiger partial charge on any atom is -0.339 e. The van der Waals surface area contributed by atoms with Crippen molar-refractivity contribution >= 4 is 26.5 Å². The molecule has 7 heteroatoms. The van der Waals surface area contributed by atoms with Crippen molar-refractivity contribution in [3.05, 3.63) is 54.6 Å². The Morgan fingerprint density at radius 2 is 1.92 bits per heavy atom. The van der Waals surface area contributed by atoms with Crippen LogP contribution in [0, 0.1) is 0 Å². The van der Waals surface area contributed by atoms with Crippen LogP contribution in [0.15, 0.2) is 54.1 Å². The summed E-state index contributed by atoms with van der Waals surface area (Å²) < 4.78 is 29.1. The highest BCUT2D eigenvalue weighted by atomic mass is 32.2. The predicted molar refractivity (Wildman–Crippen MR) is 97.8 cm³/mol. The summed E-state index contributed by atoms with van der Waals surface area (Å²) in [7, 11) is 0.118. The normalized spacial score (nSPS) is 16.3. The summed E-state index contributed by atoms with van der Waals surface area (Å²) in [6.45, 7) is 1.85. The van der Waals surface area contributed by atoms with Gasteiger partial charge in [0, 0.05) is 43.5 Å². The van der Waals surface area contributed by atoms with Crippen LogP contribution < -0.4 is 0 Å². The number of hydrogen-bond donors (Lipinski definition) is 0. The fraction of sp³-hybridized carbons (Fsp3) is 0.278. The third kappa shape index (κ3) is 2.69. The summed E-state index contributed by atoms with van der Waals surface area (Å²) in [6, 6.07) is 7.63. The average Bonchev–Trinajstić information content (AvgIpc) is 3.20. The summed E-state index contributed by atoms with van der Waals surface area (Å²) in [5.74, 6) is 0. The monoisotopic (exact) mass is 356 g/mol. The predicted octanol–water partition coefficient (Wildman–Crippen LogP) is 2.33. The molecule has 4 rings (SSSR count). The van der Waals surface area contributed by atoms with Crippen LogP contribution in [0.25, 0.3) is 16.5 Å². The molecule has 25 heavy (non-hydrogen) atoms. The van der Waals surface area contributed by atoms with Crippen molar-refractivity contribution in [2.75, 3.05) is 20.1 Å². The highest BCUT2D eigenvalue weighted by Gasteiger charge is 2.24. The summed E-state index contributed by atoms with van der Waals surface area (Å²) in [5.41, 5.74) is 2.87. The van der Waals surface area contributed by atoms with Crippen LogP contribution in [0.5, 0.6) is 0 Å². The van der Waals surface area contributed by atoms with Gasteiger partial charge in [-0.15, -0.1) is 0 Å². The SMILES string of the molecule is CN1CC=C(c2cn(S(=O)(=O)c3cn(C)cn3)c3ccccc23)CC1. The van der Waals surface area contributed by atoms with Crippen LogP contribution in [0.1, 0.15) is 12.0 Å². The van der Waals surface area contributed by atoms with Crippen molar-refractivity contribution < 1.29 is 8.42 Å². The lowest BCUT2D eigenvalue weighted by Crippen LogP contribution is -2.23. The van der Waals surface area contributed by atoms with Crippen molar-refractivity contribution in [1.82, 2.24) is 18.4 Å². The molecule has 0 saturated carbocycles. The molecule has 130 valence electrons. The molecule has 0 atom stereocenters. The molecule has 3 heterocycles. The Kier molecular flexibility index (Phi) is 3.77. The second kappa shape index (κ2) is 5.86. The van der Waals surface area contributed by atoms with Gasteiger partial charge in [0.2, 0.25) is 0 Å². The van der Waals surface area contributed by atoms with Crippen LogP contribution >= 0.6 is 0 Å². The van der Waals surface area contributed by atoms with Gasteiger partial charge in [-0.1, -0.05) is 24.3 Å². The molecule has 0 N–H and O–H groups in total. The van der Waals surface area contributed by atoms with Gasteiger partial charge in [0.1, 0.15) is 0 Å². The largest absolute Gasteiger partial charge is 0.339 e. The van der Waals surface area contributed by atoms with Crippen LogP contribution in [0.4, 0.5) is 0 Å². The Balaban J connectivity index is 1.91. The summed E-state index contributed by atoms with van der Waals surface area (Å²) in [4.78, 5) is 6.28. The van der Waals surface area contributed by atoms with E-state index in [1.54, 1.807) is 17.8 Å². The lowest BCUT2D eigenvalue weighted by molar-refractivity contribution is 0.370. The summed E-state index contributed by atoms with van der Waals surface area (Å²) in [5, 5.41) is 1.01. The third-order valence-corrected chi connectivity index (χ3v) is 6.20. The number of aryl methyl sites for hydroxylation is 1. The van der Waals surface area contributed by atoms with Crippen molar-refractivity contribution in [2.24, 2.45) is 7.05 Å². The first-order valence-electron chi connectivity index (χ1n) is 8.18. The summed E-state index contributed by atoms with van der Waals surface area (Å²) >= 11 is 0. The highest BCUT2D eigenvalue weighted by molar-refractivity contribution is 7.90. The van der Waals surface area contributed by atoms with Crippen LogP contribution in [0.3, 0.4) is 0 Å². The maximum Gasteiger partial charge on any atom is 0.287 e. The van der Waals surface area contributed by atoms with Gasteiger partial charge in [-0.2, -0.15) is 8.42 Å². The third-order valence-electron chi connectivity index (χ3n) is 4.64. The van der Waals surface area contributed by atoms with E-state index >= 15 is 0 Å². The second-order valence-electron chi connectivity index (χ2n) is 6.48. The van der Waals surface area contributed by atoms with Crippen molar-refractivity contribution in [2.45, 2.75) is 11.4 Å². The van der Waals surface area contributed by atoms with Gasteiger partial charge >= 0.3 is 0 Å². The van der Waals surface area contributed by atoms with E-state index in [1.807, 2.05) is 24.3 Å². The minimum atomic E-state index is -3.73. The molecule has 0 radical (unpaired) electrons. The van der Waals surface area contributed by atoms with Gasteiger partial charge in [-0.3, -0.25) is 0 Å². The van der Waals surface area contributed by atoms with Crippen LogP contribution in [0.2, 0.25) is 0 Å². The number of imidazole rings is 1.